The van der Waals surface area contributed by atoms with Crippen LogP contribution in [0.15, 0.2) is 42.0 Å². The van der Waals surface area contributed by atoms with Gasteiger partial charge in [0.2, 0.25) is 11.7 Å². The number of Topliss-reactive ketones (excluding diaryl/α,β-unsaturated/α-hetero) is 1. The number of likely N-dealkylation sites (tertiary alicyclic amines) is 1. The first kappa shape index (κ1) is 31.4. The fraction of sp³-hybridized carbons (Fsp3) is 0.500. The van der Waals surface area contributed by atoms with E-state index in [0.29, 0.717) is 23.1 Å². The van der Waals surface area contributed by atoms with Gasteiger partial charge in [-0.3, -0.25) is 14.5 Å². The topological polar surface area (TPSA) is 168 Å². The van der Waals surface area contributed by atoms with Crippen LogP contribution in [0.3, 0.4) is 0 Å². The number of esters is 1. The molecule has 43 heavy (non-hydrogen) atoms. The van der Waals surface area contributed by atoms with E-state index in [2.05, 4.69) is 22.0 Å². The van der Waals surface area contributed by atoms with Crippen LogP contribution < -0.4 is 14.8 Å². The van der Waals surface area contributed by atoms with Gasteiger partial charge in [0.05, 0.1) is 32.3 Å². The Kier molecular flexibility index (Phi) is 9.02. The molecule has 2 fully saturated rings. The van der Waals surface area contributed by atoms with Crippen molar-refractivity contribution in [3.63, 3.8) is 0 Å². The lowest BCUT2D eigenvalue weighted by Gasteiger charge is -2.28. The molecule has 4 rings (SSSR count). The van der Waals surface area contributed by atoms with Crippen LogP contribution in [0.5, 0.6) is 11.5 Å². The number of nitrogens with zero attached hydrogens (tertiary/aromatic N) is 4. The molecule has 13 nitrogen and oxygen atoms in total. The molecule has 1 N–H and O–H groups in total. The number of nitrogens with one attached hydrogen (secondary N) is 1. The fourth-order valence-electron chi connectivity index (χ4n) is 5.09. The number of amides is 2. The van der Waals surface area contributed by atoms with E-state index in [1.165, 1.54) is 18.1 Å². The minimum atomic E-state index is -1.25. The molecule has 230 valence electrons. The van der Waals surface area contributed by atoms with Crippen molar-refractivity contribution in [2.75, 3.05) is 26.8 Å². The van der Waals surface area contributed by atoms with Gasteiger partial charge >= 0.3 is 12.1 Å². The van der Waals surface area contributed by atoms with Crippen molar-refractivity contribution in [1.29, 1.82) is 0 Å². The standard InChI is InChI=1S/C30H36N5O8/c1-7-17-14-30(17,27(38)41-8-2)34-26(37)23-12-19(16-35(23)28(39)43-29(3,4)5)42-25-13-22(24(36)15-32-31)33-21-11-18(40-6)9-10-20(21)25/h7,9-11,13,17,19,23H,1,8,12,14-16H2,2-6H3,(H,34,37)/q-1/t17-,19-,23+,30-/m1/s1. The molecule has 1 aliphatic carbocycles. The highest BCUT2D eigenvalue weighted by atomic mass is 16.6. The molecule has 0 spiro atoms. The Balaban J connectivity index is 1.65. The summed E-state index contributed by atoms with van der Waals surface area (Å²) in [4.78, 5) is 58.0. The Bertz CT molecular complexity index is 1450. The van der Waals surface area contributed by atoms with Gasteiger partial charge < -0.3 is 34.9 Å². The molecule has 2 amide bonds. The number of hydrogen-bond acceptors (Lipinski definition) is 10. The van der Waals surface area contributed by atoms with Crippen molar-refractivity contribution >= 4 is 34.7 Å². The second-order valence-electron chi connectivity index (χ2n) is 11.5. The third-order valence-corrected chi connectivity index (χ3v) is 7.25. The highest BCUT2D eigenvalue weighted by Crippen LogP contribution is 2.46. The molecule has 0 unspecified atom stereocenters. The predicted molar refractivity (Wildman–Crippen MR) is 155 cm³/mol. The second kappa shape index (κ2) is 12.4. The van der Waals surface area contributed by atoms with Crippen LogP contribution >= 0.6 is 0 Å². The highest BCUT2D eigenvalue weighted by Gasteiger charge is 2.62. The molecule has 2 aromatic rings. The summed E-state index contributed by atoms with van der Waals surface area (Å²) in [6.07, 6.45) is 0.580. The molecule has 0 bridgehead atoms. The number of aromatic nitrogens is 1. The first-order valence-electron chi connectivity index (χ1n) is 14.0. The van der Waals surface area contributed by atoms with Gasteiger partial charge in [0, 0.05) is 29.9 Å². The van der Waals surface area contributed by atoms with Crippen LogP contribution in [0.2, 0.25) is 0 Å². The van der Waals surface area contributed by atoms with Gasteiger partial charge in [-0.2, -0.15) is 0 Å². The average molecular weight is 595 g/mol. The number of ketones is 1. The molecule has 1 aromatic heterocycles. The minimum absolute atomic E-state index is 0.00502. The number of carbonyl (C=O) groups excluding carboxylic acids is 4. The summed E-state index contributed by atoms with van der Waals surface area (Å²) in [6, 6.07) is 5.46. The maximum atomic E-state index is 13.7. The summed E-state index contributed by atoms with van der Waals surface area (Å²) in [5.74, 6) is -1.18. The molecule has 4 atom stereocenters. The number of hydrogen-bond donors (Lipinski definition) is 1. The molecule has 2 heterocycles. The Morgan fingerprint density at radius 1 is 1.26 bits per heavy atom. The number of ether oxygens (including phenoxy) is 4. The second-order valence-corrected chi connectivity index (χ2v) is 11.5. The summed E-state index contributed by atoms with van der Waals surface area (Å²) < 4.78 is 22.4. The third kappa shape index (κ3) is 6.76. The summed E-state index contributed by atoms with van der Waals surface area (Å²) in [6.45, 7) is 10.2. The van der Waals surface area contributed by atoms with Gasteiger partial charge in [0.1, 0.15) is 40.5 Å². The number of benzene rings is 1. The molecule has 1 aliphatic heterocycles. The zero-order chi connectivity index (χ0) is 31.5. The largest absolute Gasteiger partial charge is 0.712 e. The highest BCUT2D eigenvalue weighted by molar-refractivity contribution is 6.00. The third-order valence-electron chi connectivity index (χ3n) is 7.25. The van der Waals surface area contributed by atoms with Crippen LogP contribution in [0.1, 0.15) is 51.0 Å². The number of rotatable bonds is 11. The summed E-state index contributed by atoms with van der Waals surface area (Å²) in [5.41, 5.74) is 7.24. The van der Waals surface area contributed by atoms with E-state index in [-0.39, 0.29) is 36.9 Å². The van der Waals surface area contributed by atoms with Crippen molar-refractivity contribution < 1.29 is 38.1 Å². The van der Waals surface area contributed by atoms with Crippen LogP contribution in [0.25, 0.3) is 16.4 Å². The van der Waals surface area contributed by atoms with Gasteiger partial charge in [0.15, 0.2) is 0 Å². The SMILES string of the molecule is C=C[C@@H]1C[C@]1(NC(=O)[C@@H]1C[C@@H](Oc2cc(C(=O)CN=[N-])nc3cc(OC)ccc23)CN1C(=O)OC(C)(C)C)C(=O)OCC. The minimum Gasteiger partial charge on any atom is -0.712 e. The Labute approximate surface area is 249 Å². The normalized spacial score (nSPS) is 22.8. The van der Waals surface area contributed by atoms with Crippen LogP contribution in [-0.4, -0.2) is 83.7 Å². The average Bonchev–Trinajstić information content (AvgIpc) is 3.50. The molecule has 1 saturated carbocycles. The smallest absolute Gasteiger partial charge is 0.411 e. The predicted octanol–water partition coefficient (Wildman–Crippen LogP) is 3.83. The van der Waals surface area contributed by atoms with E-state index >= 15 is 0 Å². The molecule has 2 aliphatic rings. The van der Waals surface area contributed by atoms with E-state index in [1.807, 2.05) is 0 Å². The van der Waals surface area contributed by atoms with Gasteiger partial charge in [-0.25, -0.2) is 14.6 Å². The first-order valence-corrected chi connectivity index (χ1v) is 14.0. The van der Waals surface area contributed by atoms with Gasteiger partial charge in [-0.15, -0.1) is 6.58 Å². The van der Waals surface area contributed by atoms with Gasteiger partial charge in [-0.05, 0) is 46.2 Å². The lowest BCUT2D eigenvalue weighted by molar-refractivity contribution is -0.149. The Hall–Kier alpha value is -4.55. The molecule has 0 radical (unpaired) electrons. The fourth-order valence-corrected chi connectivity index (χ4v) is 5.09. The maximum Gasteiger partial charge on any atom is 0.411 e. The lowest BCUT2D eigenvalue weighted by Crippen LogP contribution is -2.53. The van der Waals surface area contributed by atoms with E-state index in [1.54, 1.807) is 52.0 Å². The van der Waals surface area contributed by atoms with Gasteiger partial charge in [-0.1, -0.05) is 6.08 Å². The molecule has 13 heteroatoms. The summed E-state index contributed by atoms with van der Waals surface area (Å²) in [5, 5.41) is 6.29. The van der Waals surface area contributed by atoms with Crippen molar-refractivity contribution in [2.45, 2.75) is 63.8 Å². The van der Waals surface area contributed by atoms with Crippen molar-refractivity contribution in [3.05, 3.63) is 48.1 Å². The van der Waals surface area contributed by atoms with Crippen LogP contribution in [0, 0.1) is 5.92 Å². The number of fused-ring (bicyclic) bond motifs is 1. The van der Waals surface area contributed by atoms with Crippen LogP contribution in [0.4, 0.5) is 4.79 Å². The number of pyridine rings is 1. The van der Waals surface area contributed by atoms with Gasteiger partial charge in [0.25, 0.3) is 0 Å². The maximum absolute atomic E-state index is 13.7. The summed E-state index contributed by atoms with van der Waals surface area (Å²) >= 11 is 0. The molecule has 1 aromatic carbocycles. The van der Waals surface area contributed by atoms with Crippen molar-refractivity contribution in [3.8, 4) is 11.5 Å². The lowest BCUT2D eigenvalue weighted by atomic mass is 10.1. The molecular formula is C30H36N5O8-. The quantitative estimate of drug-likeness (QED) is 0.176. The van der Waals surface area contributed by atoms with E-state index < -0.39 is 53.6 Å². The zero-order valence-corrected chi connectivity index (χ0v) is 24.9. The zero-order valence-electron chi connectivity index (χ0n) is 24.9. The first-order chi connectivity index (χ1) is 20.3. The van der Waals surface area contributed by atoms with Crippen molar-refractivity contribution in [2.24, 2.45) is 11.0 Å². The van der Waals surface area contributed by atoms with Crippen LogP contribution in [-0.2, 0) is 19.1 Å². The number of methoxy groups -OCH3 is 1. The van der Waals surface area contributed by atoms with E-state index in [0.717, 1.165) is 0 Å². The Morgan fingerprint density at radius 3 is 2.60 bits per heavy atom. The Morgan fingerprint density at radius 2 is 2.00 bits per heavy atom. The van der Waals surface area contributed by atoms with Crippen molar-refractivity contribution in [1.82, 2.24) is 15.2 Å². The van der Waals surface area contributed by atoms with E-state index in [4.69, 9.17) is 24.5 Å². The molecule has 1 saturated heterocycles. The number of carbonyl (C=O) groups is 4. The summed E-state index contributed by atoms with van der Waals surface area (Å²) in [7, 11) is 1.50. The molecular weight excluding hydrogens is 558 g/mol. The monoisotopic (exact) mass is 594 g/mol. The van der Waals surface area contributed by atoms with E-state index in [9.17, 15) is 19.2 Å².